The Kier molecular flexibility index (Phi) is 4.96. The van der Waals surface area contributed by atoms with Crippen molar-refractivity contribution in [3.63, 3.8) is 0 Å². The predicted molar refractivity (Wildman–Crippen MR) is 109 cm³/mol. The molecule has 3 N–H and O–H groups in total. The molecule has 0 fully saturated rings. The fourth-order valence-corrected chi connectivity index (χ4v) is 3.13. The van der Waals surface area contributed by atoms with E-state index in [0.717, 1.165) is 18.8 Å². The fraction of sp³-hybridized carbons (Fsp3) is 0.190. The number of aromatic nitrogens is 4. The largest absolute Gasteiger partial charge is 0.368 e. The van der Waals surface area contributed by atoms with Gasteiger partial charge in [-0.1, -0.05) is 48.0 Å². The van der Waals surface area contributed by atoms with Gasteiger partial charge in [0.25, 0.3) is 0 Å². The van der Waals surface area contributed by atoms with E-state index < -0.39 is 0 Å². The molecule has 136 valence electrons. The third-order valence-electron chi connectivity index (χ3n) is 4.47. The van der Waals surface area contributed by atoms with E-state index in [9.17, 15) is 0 Å². The van der Waals surface area contributed by atoms with Crippen LogP contribution in [0.2, 0.25) is 0 Å². The number of rotatable bonds is 7. The summed E-state index contributed by atoms with van der Waals surface area (Å²) in [6.45, 7) is 3.53. The molecule has 0 amide bonds. The zero-order valence-corrected chi connectivity index (χ0v) is 15.2. The van der Waals surface area contributed by atoms with E-state index >= 15 is 0 Å². The summed E-state index contributed by atoms with van der Waals surface area (Å²) in [6, 6.07) is 16.7. The van der Waals surface area contributed by atoms with E-state index in [-0.39, 0.29) is 0 Å². The van der Waals surface area contributed by atoms with Gasteiger partial charge in [0.2, 0.25) is 5.95 Å². The van der Waals surface area contributed by atoms with Gasteiger partial charge in [-0.05, 0) is 30.5 Å². The molecule has 0 aliphatic rings. The van der Waals surface area contributed by atoms with E-state index in [1.807, 2.05) is 12.1 Å². The SMILES string of the molecule is Cc1cccc(CNc2nncc(NCCc3c[nH]c4ccccc34)n2)c1. The minimum Gasteiger partial charge on any atom is -0.368 e. The van der Waals surface area contributed by atoms with Gasteiger partial charge in [-0.3, -0.25) is 0 Å². The number of aromatic amines is 1. The molecule has 6 heteroatoms. The van der Waals surface area contributed by atoms with Crippen molar-refractivity contribution in [2.24, 2.45) is 0 Å². The molecule has 6 nitrogen and oxygen atoms in total. The van der Waals surface area contributed by atoms with Gasteiger partial charge in [0.05, 0.1) is 6.20 Å². The third kappa shape index (κ3) is 4.23. The minimum absolute atomic E-state index is 0.522. The van der Waals surface area contributed by atoms with Crippen LogP contribution in [0.1, 0.15) is 16.7 Å². The number of para-hydroxylation sites is 1. The first kappa shape index (κ1) is 17.0. The second-order valence-electron chi connectivity index (χ2n) is 6.54. The van der Waals surface area contributed by atoms with Gasteiger partial charge in [-0.2, -0.15) is 10.1 Å². The summed E-state index contributed by atoms with van der Waals surface area (Å²) in [6.07, 6.45) is 4.62. The number of fused-ring (bicyclic) bond motifs is 1. The van der Waals surface area contributed by atoms with Crippen molar-refractivity contribution in [2.75, 3.05) is 17.2 Å². The fourth-order valence-electron chi connectivity index (χ4n) is 3.13. The van der Waals surface area contributed by atoms with Crippen molar-refractivity contribution < 1.29 is 0 Å². The van der Waals surface area contributed by atoms with Crippen LogP contribution in [-0.2, 0) is 13.0 Å². The molecule has 2 aromatic heterocycles. The van der Waals surface area contributed by atoms with Crippen LogP contribution in [0.3, 0.4) is 0 Å². The first-order valence-electron chi connectivity index (χ1n) is 9.06. The van der Waals surface area contributed by atoms with Crippen LogP contribution in [0.5, 0.6) is 0 Å². The molecule has 4 rings (SSSR count). The molecular weight excluding hydrogens is 336 g/mol. The molecule has 0 radical (unpaired) electrons. The Morgan fingerprint density at radius 1 is 1.04 bits per heavy atom. The van der Waals surface area contributed by atoms with Crippen LogP contribution in [-0.4, -0.2) is 26.7 Å². The molecule has 0 aliphatic carbocycles. The van der Waals surface area contributed by atoms with Crippen LogP contribution in [0.4, 0.5) is 11.8 Å². The van der Waals surface area contributed by atoms with Crippen LogP contribution in [0.15, 0.2) is 60.9 Å². The zero-order chi connectivity index (χ0) is 18.5. The highest BCUT2D eigenvalue weighted by Crippen LogP contribution is 2.18. The maximum atomic E-state index is 4.49. The highest BCUT2D eigenvalue weighted by molar-refractivity contribution is 5.83. The van der Waals surface area contributed by atoms with Gasteiger partial charge in [0.1, 0.15) is 0 Å². The van der Waals surface area contributed by atoms with Crippen LogP contribution >= 0.6 is 0 Å². The number of H-pyrrole nitrogens is 1. The maximum Gasteiger partial charge on any atom is 0.244 e. The van der Waals surface area contributed by atoms with Crippen molar-refractivity contribution in [1.82, 2.24) is 20.2 Å². The molecule has 2 heterocycles. The average molecular weight is 358 g/mol. The Morgan fingerprint density at radius 3 is 2.89 bits per heavy atom. The lowest BCUT2D eigenvalue weighted by molar-refractivity contribution is 0.929. The molecule has 0 saturated heterocycles. The van der Waals surface area contributed by atoms with E-state index in [1.54, 1.807) is 6.20 Å². The lowest BCUT2D eigenvalue weighted by atomic mass is 10.1. The molecule has 4 aromatic rings. The van der Waals surface area contributed by atoms with Gasteiger partial charge in [-0.15, -0.1) is 5.10 Å². The predicted octanol–water partition coefficient (Wildman–Crippen LogP) is 3.93. The standard InChI is InChI=1S/C21H22N6/c1-15-5-4-6-16(11-15)12-24-21-26-20(14-25-27-21)22-10-9-17-13-23-19-8-3-2-7-18(17)19/h2-8,11,13-14,23H,9-10,12H2,1H3,(H2,22,24,26,27). The van der Waals surface area contributed by atoms with Crippen LogP contribution < -0.4 is 10.6 Å². The monoisotopic (exact) mass is 358 g/mol. The summed E-state index contributed by atoms with van der Waals surface area (Å²) in [5.74, 6) is 1.24. The van der Waals surface area contributed by atoms with E-state index in [4.69, 9.17) is 0 Å². The van der Waals surface area contributed by atoms with E-state index in [2.05, 4.69) is 80.3 Å². The Hall–Kier alpha value is -3.41. The normalized spacial score (nSPS) is 10.9. The van der Waals surface area contributed by atoms with Crippen molar-refractivity contribution in [2.45, 2.75) is 19.9 Å². The molecule has 2 aromatic carbocycles. The average Bonchev–Trinajstić information content (AvgIpc) is 3.10. The Labute approximate surface area is 158 Å². The number of benzene rings is 2. The van der Waals surface area contributed by atoms with E-state index in [1.165, 1.54) is 27.6 Å². The van der Waals surface area contributed by atoms with Crippen LogP contribution in [0, 0.1) is 6.92 Å². The summed E-state index contributed by atoms with van der Waals surface area (Å²) < 4.78 is 0. The molecule has 27 heavy (non-hydrogen) atoms. The Bertz CT molecular complexity index is 1040. The number of anilines is 2. The second-order valence-corrected chi connectivity index (χ2v) is 6.54. The molecular formula is C21H22N6. The van der Waals surface area contributed by atoms with Gasteiger partial charge < -0.3 is 15.6 Å². The first-order valence-corrected chi connectivity index (χ1v) is 9.06. The first-order chi connectivity index (χ1) is 13.3. The van der Waals surface area contributed by atoms with Gasteiger partial charge in [-0.25, -0.2) is 0 Å². The van der Waals surface area contributed by atoms with Crippen molar-refractivity contribution in [1.29, 1.82) is 0 Å². The molecule has 0 spiro atoms. The summed E-state index contributed by atoms with van der Waals surface area (Å²) in [5, 5.41) is 15.9. The lowest BCUT2D eigenvalue weighted by Gasteiger charge is -2.08. The highest BCUT2D eigenvalue weighted by Gasteiger charge is 2.04. The summed E-state index contributed by atoms with van der Waals surface area (Å²) in [4.78, 5) is 7.79. The quantitative estimate of drug-likeness (QED) is 0.466. The molecule has 0 unspecified atom stereocenters. The highest BCUT2D eigenvalue weighted by atomic mass is 15.3. The lowest BCUT2D eigenvalue weighted by Crippen LogP contribution is -2.10. The third-order valence-corrected chi connectivity index (χ3v) is 4.47. The molecule has 0 bridgehead atoms. The Balaban J connectivity index is 1.34. The zero-order valence-electron chi connectivity index (χ0n) is 15.2. The summed E-state index contributed by atoms with van der Waals surface area (Å²) in [5.41, 5.74) is 4.88. The summed E-state index contributed by atoms with van der Waals surface area (Å²) in [7, 11) is 0. The van der Waals surface area contributed by atoms with Crippen molar-refractivity contribution in [3.05, 3.63) is 77.6 Å². The maximum absolute atomic E-state index is 4.49. The number of hydrogen-bond donors (Lipinski definition) is 3. The molecule has 0 aliphatic heterocycles. The van der Waals surface area contributed by atoms with Crippen LogP contribution in [0.25, 0.3) is 10.9 Å². The van der Waals surface area contributed by atoms with Gasteiger partial charge in [0.15, 0.2) is 5.82 Å². The molecule has 0 saturated carbocycles. The van der Waals surface area contributed by atoms with Gasteiger partial charge in [0, 0.05) is 30.2 Å². The van der Waals surface area contributed by atoms with Crippen molar-refractivity contribution in [3.8, 4) is 0 Å². The van der Waals surface area contributed by atoms with Gasteiger partial charge >= 0.3 is 0 Å². The number of aryl methyl sites for hydroxylation is 1. The van der Waals surface area contributed by atoms with E-state index in [0.29, 0.717) is 12.5 Å². The smallest absolute Gasteiger partial charge is 0.244 e. The van der Waals surface area contributed by atoms with Crippen molar-refractivity contribution >= 4 is 22.7 Å². The number of nitrogens with zero attached hydrogens (tertiary/aromatic N) is 3. The summed E-state index contributed by atoms with van der Waals surface area (Å²) >= 11 is 0. The number of hydrogen-bond acceptors (Lipinski definition) is 5. The number of nitrogens with one attached hydrogen (secondary N) is 3. The second kappa shape index (κ2) is 7.86. The topological polar surface area (TPSA) is 78.5 Å². The molecule has 0 atom stereocenters. The minimum atomic E-state index is 0.522. The Morgan fingerprint density at radius 2 is 1.96 bits per heavy atom.